The molecule has 1 aromatic heterocycles. The van der Waals surface area contributed by atoms with E-state index in [1.54, 1.807) is 73.7 Å². The number of phenolic OH excluding ortho intramolecular Hbond substituents is 3. The minimum Gasteiger partial charge on any atom is -0.508 e. The zero-order chi connectivity index (χ0) is 51.5. The number of nitrogens with one attached hydrogen (secondary N) is 3. The third-order valence-electron chi connectivity index (χ3n) is 12.5. The summed E-state index contributed by atoms with van der Waals surface area (Å²) in [7, 11) is 1.49. The zero-order valence-corrected chi connectivity index (χ0v) is 40.5. The molecule has 3 amide bonds. The van der Waals surface area contributed by atoms with Crippen LogP contribution in [0.15, 0.2) is 121 Å². The molecule has 0 saturated carbocycles. The predicted molar refractivity (Wildman–Crippen MR) is 270 cm³/mol. The number of phenols is 3. The van der Waals surface area contributed by atoms with E-state index >= 15 is 0 Å². The fraction of sp³-hybridized carbons (Fsp3) is 0.259. The topological polar surface area (TPSA) is 236 Å². The largest absolute Gasteiger partial charge is 0.508 e. The molecule has 0 radical (unpaired) electrons. The molecule has 18 heteroatoms. The van der Waals surface area contributed by atoms with Crippen molar-refractivity contribution >= 4 is 57.7 Å². The number of aryl methyl sites for hydroxylation is 1. The Morgan fingerprint density at radius 2 is 1.69 bits per heavy atom. The smallest absolute Gasteiger partial charge is 0.410 e. The molecule has 5 aromatic rings. The van der Waals surface area contributed by atoms with Gasteiger partial charge in [0.2, 0.25) is 12.0 Å². The minimum atomic E-state index is -1.36. The number of aromatic nitrogens is 1. The van der Waals surface area contributed by atoms with Crippen molar-refractivity contribution in [3.05, 3.63) is 149 Å². The van der Waals surface area contributed by atoms with Crippen LogP contribution < -0.4 is 20.3 Å². The molecular weight excluding hydrogens is 923 g/mol. The summed E-state index contributed by atoms with van der Waals surface area (Å²) in [6, 6.07) is 20.9. The van der Waals surface area contributed by atoms with Crippen molar-refractivity contribution in [2.24, 2.45) is 0 Å². The first-order chi connectivity index (χ1) is 34.5. The van der Waals surface area contributed by atoms with E-state index in [1.807, 2.05) is 31.7 Å². The number of likely N-dealkylation sites (N-methyl/N-ethyl adjacent to an activating group) is 2. The van der Waals surface area contributed by atoms with E-state index in [-0.39, 0.29) is 66.6 Å². The Kier molecular flexibility index (Phi) is 14.3. The summed E-state index contributed by atoms with van der Waals surface area (Å²) in [6.07, 6.45) is 0.356. The highest BCUT2D eigenvalue weighted by Gasteiger charge is 2.42. The lowest BCUT2D eigenvalue weighted by Crippen LogP contribution is -2.42. The maximum atomic E-state index is 13.3. The van der Waals surface area contributed by atoms with Crippen LogP contribution in [0.5, 0.6) is 28.7 Å². The summed E-state index contributed by atoms with van der Waals surface area (Å²) in [5.74, 6) is -1.46. The number of nitrogens with zero attached hydrogens (tertiary/aromatic N) is 4. The number of hydrogen-bond acceptors (Lipinski definition) is 14. The van der Waals surface area contributed by atoms with Crippen LogP contribution in [0.1, 0.15) is 61.6 Å². The number of benzene rings is 4. The van der Waals surface area contributed by atoms with Crippen molar-refractivity contribution in [3.63, 3.8) is 0 Å². The fourth-order valence-electron chi connectivity index (χ4n) is 8.72. The van der Waals surface area contributed by atoms with E-state index in [0.29, 0.717) is 64.8 Å². The average molecular weight is 978 g/mol. The highest BCUT2D eigenvalue weighted by atomic mass is 16.6. The molecule has 8 rings (SSSR count). The van der Waals surface area contributed by atoms with Gasteiger partial charge in [0.25, 0.3) is 5.91 Å². The van der Waals surface area contributed by atoms with E-state index in [2.05, 4.69) is 23.8 Å². The number of hydrogen-bond donors (Lipinski definition) is 6. The first-order valence-electron chi connectivity index (χ1n) is 23.3. The summed E-state index contributed by atoms with van der Waals surface area (Å²) in [6.45, 7) is 16.3. The summed E-state index contributed by atoms with van der Waals surface area (Å²) >= 11 is 0. The number of aromatic hydroxyl groups is 3. The van der Waals surface area contributed by atoms with Gasteiger partial charge in [-0.15, -0.1) is 0 Å². The van der Waals surface area contributed by atoms with Crippen LogP contribution in [-0.2, 0) is 41.6 Å². The number of carbonyl (C=O) groups excluding carboxylic acids is 4. The van der Waals surface area contributed by atoms with Gasteiger partial charge in [-0.2, -0.15) is 0 Å². The molecule has 4 heterocycles. The quantitative estimate of drug-likeness (QED) is 0.0181. The number of rotatable bonds is 16. The lowest BCUT2D eigenvalue weighted by Gasteiger charge is -2.35. The molecule has 18 nitrogen and oxygen atoms in total. The maximum Gasteiger partial charge on any atom is 0.410 e. The monoisotopic (exact) mass is 977 g/mol. The van der Waals surface area contributed by atoms with Crippen molar-refractivity contribution in [1.29, 1.82) is 5.41 Å². The summed E-state index contributed by atoms with van der Waals surface area (Å²) in [5, 5.41) is 46.7. The molecule has 0 saturated heterocycles. The first kappa shape index (κ1) is 49.8. The number of pyridine rings is 1. The minimum absolute atomic E-state index is 0.0191. The second-order valence-corrected chi connectivity index (χ2v) is 17.6. The van der Waals surface area contributed by atoms with Crippen LogP contribution in [0.4, 0.5) is 16.2 Å². The lowest BCUT2D eigenvalue weighted by atomic mass is 9.93. The van der Waals surface area contributed by atoms with E-state index in [4.69, 9.17) is 29.3 Å². The van der Waals surface area contributed by atoms with Crippen LogP contribution in [0.2, 0.25) is 0 Å². The SMILES string of the molecule is C=C1C2=C(C=C3c4nc5ccc(O)cc5c(CC)c4CN13)C(OC(=O)N(C)CCOCC(=O)Nc1ccc(Oc3ccc(N(C(=C)C(=O)NCC)C(=N)c4cc(C(C)C)c(O)cc4O)cc3)cc1)C(=O)OC2. The summed E-state index contributed by atoms with van der Waals surface area (Å²) in [4.78, 5) is 61.7. The van der Waals surface area contributed by atoms with Crippen LogP contribution in [-0.4, -0.2) is 106 Å². The van der Waals surface area contributed by atoms with Crippen molar-refractivity contribution in [2.75, 3.05) is 50.2 Å². The number of anilines is 2. The van der Waals surface area contributed by atoms with Crippen molar-refractivity contribution in [2.45, 2.75) is 52.7 Å². The van der Waals surface area contributed by atoms with Crippen molar-refractivity contribution in [3.8, 4) is 28.7 Å². The van der Waals surface area contributed by atoms with Crippen LogP contribution in [0.25, 0.3) is 16.6 Å². The molecule has 4 aromatic carbocycles. The van der Waals surface area contributed by atoms with Gasteiger partial charge in [0.05, 0.1) is 35.6 Å². The van der Waals surface area contributed by atoms with Crippen LogP contribution in [0, 0.1) is 5.41 Å². The van der Waals surface area contributed by atoms with Crippen molar-refractivity contribution in [1.82, 2.24) is 20.1 Å². The molecule has 72 heavy (non-hydrogen) atoms. The van der Waals surface area contributed by atoms with Gasteiger partial charge in [-0.05, 0) is 109 Å². The Morgan fingerprint density at radius 3 is 2.38 bits per heavy atom. The fourth-order valence-corrected chi connectivity index (χ4v) is 8.72. The second-order valence-electron chi connectivity index (χ2n) is 17.6. The van der Waals surface area contributed by atoms with E-state index < -0.39 is 30.0 Å². The molecular formula is C54H55N7O11. The molecule has 0 bridgehead atoms. The molecule has 3 aliphatic rings. The van der Waals surface area contributed by atoms with Gasteiger partial charge in [-0.25, -0.2) is 14.6 Å². The van der Waals surface area contributed by atoms with E-state index in [0.717, 1.165) is 33.4 Å². The van der Waals surface area contributed by atoms with Gasteiger partial charge in [0, 0.05) is 65.4 Å². The molecule has 1 atom stereocenters. The Bertz CT molecular complexity index is 3110. The Balaban J connectivity index is 0.834. The van der Waals surface area contributed by atoms with E-state index in [9.17, 15) is 34.5 Å². The van der Waals surface area contributed by atoms with Gasteiger partial charge >= 0.3 is 12.1 Å². The average Bonchev–Trinajstić information content (AvgIpc) is 3.72. The predicted octanol–water partition coefficient (Wildman–Crippen LogP) is 7.94. The number of carbonyl (C=O) groups is 4. The summed E-state index contributed by atoms with van der Waals surface area (Å²) in [5.41, 5.74) is 7.33. The Hall–Kier alpha value is -8.64. The van der Waals surface area contributed by atoms with Crippen molar-refractivity contribution < 1.29 is 53.4 Å². The van der Waals surface area contributed by atoms with Gasteiger partial charge in [0.1, 0.15) is 53.5 Å². The standard InChI is InChI=1S/C54H55N7O11/c1-8-37-39-22-34(62)14-19-44(39)58-49-42(37)26-60-30(5)43-27-70-53(67)50(40(43)24-45(49)60)72-54(68)59(7)20-21-69-28-48(65)57-32-10-15-35(16-11-32)71-36-17-12-33(13-18-36)61(31(6)52(66)56-9-2)51(55)41-23-38(29(3)4)46(63)25-47(41)64/h10-19,22-25,29,50,55,62-64H,5-6,8-9,20-21,26-28H2,1-4,7H3,(H,56,66)(H,57,65). The van der Waals surface area contributed by atoms with Crippen LogP contribution >= 0.6 is 0 Å². The second kappa shape index (κ2) is 20.8. The van der Waals surface area contributed by atoms with Gasteiger partial charge in [0.15, 0.2) is 0 Å². The molecule has 3 aliphatic heterocycles. The molecule has 372 valence electrons. The number of amides is 3. The number of esters is 1. The molecule has 0 aliphatic carbocycles. The zero-order valence-electron chi connectivity index (χ0n) is 40.5. The molecule has 0 fully saturated rings. The third kappa shape index (κ3) is 10.0. The number of fused-ring (bicyclic) bond motifs is 4. The summed E-state index contributed by atoms with van der Waals surface area (Å²) < 4.78 is 22.8. The van der Waals surface area contributed by atoms with Gasteiger partial charge < -0.3 is 54.7 Å². The Labute approximate surface area is 415 Å². The lowest BCUT2D eigenvalue weighted by molar-refractivity contribution is -0.152. The maximum absolute atomic E-state index is 13.3. The number of ether oxygens (including phenoxy) is 4. The number of amidine groups is 1. The highest BCUT2D eigenvalue weighted by Crippen LogP contribution is 2.46. The highest BCUT2D eigenvalue weighted by molar-refractivity contribution is 6.17. The molecule has 1 unspecified atom stereocenters. The third-order valence-corrected chi connectivity index (χ3v) is 12.5. The van der Waals surface area contributed by atoms with Gasteiger partial charge in [-0.1, -0.05) is 33.9 Å². The van der Waals surface area contributed by atoms with E-state index in [1.165, 1.54) is 29.0 Å². The first-order valence-corrected chi connectivity index (χ1v) is 23.3. The van der Waals surface area contributed by atoms with Gasteiger partial charge in [-0.3, -0.25) is 19.9 Å². The molecule has 0 spiro atoms. The molecule has 6 N–H and O–H groups in total. The Morgan fingerprint density at radius 1 is 0.986 bits per heavy atom. The van der Waals surface area contributed by atoms with Crippen LogP contribution in [0.3, 0.4) is 0 Å². The number of cyclic esters (lactones) is 1. The normalized spacial score (nSPS) is 14.7.